The molecule has 1 unspecified atom stereocenters. The molecule has 0 bridgehead atoms. The van der Waals surface area contributed by atoms with Gasteiger partial charge in [0.25, 0.3) is 0 Å². The molecule has 3 rings (SSSR count). The van der Waals surface area contributed by atoms with Crippen LogP contribution in [0.2, 0.25) is 0 Å². The molecule has 5 nitrogen and oxygen atoms in total. The number of piperidine rings is 1. The lowest BCUT2D eigenvalue weighted by atomic mass is 9.73. The Morgan fingerprint density at radius 3 is 2.82 bits per heavy atom. The third-order valence-electron chi connectivity index (χ3n) is 5.43. The summed E-state index contributed by atoms with van der Waals surface area (Å²) in [5, 5.41) is 2.97. The molecule has 2 amide bonds. The molecule has 0 spiro atoms. The third-order valence-corrected chi connectivity index (χ3v) is 5.43. The van der Waals surface area contributed by atoms with E-state index < -0.39 is 5.41 Å². The van der Waals surface area contributed by atoms with Gasteiger partial charge in [0.1, 0.15) is 0 Å². The first kappa shape index (κ1) is 19.8. The maximum Gasteiger partial charge on any atom is 0.228 e. The molecule has 1 fully saturated rings. The fraction of sp³-hybridized carbons (Fsp3) is 0.348. The van der Waals surface area contributed by atoms with Gasteiger partial charge in [-0.2, -0.15) is 0 Å². The summed E-state index contributed by atoms with van der Waals surface area (Å²) in [6.07, 6.45) is 7.41. The van der Waals surface area contributed by atoms with Crippen molar-refractivity contribution in [2.45, 2.75) is 26.2 Å². The van der Waals surface area contributed by atoms with Gasteiger partial charge in [0.15, 0.2) is 0 Å². The van der Waals surface area contributed by atoms with E-state index in [-0.39, 0.29) is 11.8 Å². The molecule has 2 heterocycles. The van der Waals surface area contributed by atoms with E-state index in [2.05, 4.69) is 29.0 Å². The summed E-state index contributed by atoms with van der Waals surface area (Å²) in [4.78, 5) is 31.3. The lowest BCUT2D eigenvalue weighted by molar-refractivity contribution is -0.140. The maximum atomic E-state index is 13.2. The summed E-state index contributed by atoms with van der Waals surface area (Å²) in [5.74, 6) is 0.000444. The summed E-state index contributed by atoms with van der Waals surface area (Å²) in [7, 11) is 0. The van der Waals surface area contributed by atoms with Gasteiger partial charge >= 0.3 is 0 Å². The molecule has 0 radical (unpaired) electrons. The van der Waals surface area contributed by atoms with Crippen molar-refractivity contribution in [2.24, 2.45) is 5.41 Å². The minimum absolute atomic E-state index is 0.0145. The van der Waals surface area contributed by atoms with Crippen LogP contribution in [-0.2, 0) is 16.0 Å². The fourth-order valence-electron chi connectivity index (χ4n) is 4.01. The highest BCUT2D eigenvalue weighted by Gasteiger charge is 2.43. The van der Waals surface area contributed by atoms with Crippen LogP contribution in [0.15, 0.2) is 61.4 Å². The number of pyridine rings is 1. The molecule has 0 aliphatic carbocycles. The van der Waals surface area contributed by atoms with Crippen LogP contribution >= 0.6 is 0 Å². The Balaban J connectivity index is 1.98. The van der Waals surface area contributed by atoms with Crippen molar-refractivity contribution in [2.75, 3.05) is 19.6 Å². The van der Waals surface area contributed by atoms with Crippen LogP contribution < -0.4 is 5.32 Å². The predicted octanol–water partition coefficient (Wildman–Crippen LogP) is 3.22. The van der Waals surface area contributed by atoms with E-state index in [4.69, 9.17) is 0 Å². The highest BCUT2D eigenvalue weighted by molar-refractivity contribution is 5.85. The average molecular weight is 377 g/mol. The highest BCUT2D eigenvalue weighted by Crippen LogP contribution is 2.37. The van der Waals surface area contributed by atoms with E-state index in [0.29, 0.717) is 26.1 Å². The zero-order chi connectivity index (χ0) is 20.0. The van der Waals surface area contributed by atoms with Crippen molar-refractivity contribution in [3.8, 4) is 11.1 Å². The number of aromatic nitrogens is 1. The topological polar surface area (TPSA) is 62.3 Å². The minimum Gasteiger partial charge on any atom is -0.352 e. The van der Waals surface area contributed by atoms with Gasteiger partial charge in [-0.05, 0) is 36.5 Å². The summed E-state index contributed by atoms with van der Waals surface area (Å²) in [6.45, 7) is 6.83. The van der Waals surface area contributed by atoms with E-state index >= 15 is 0 Å². The Hall–Kier alpha value is -2.95. The summed E-state index contributed by atoms with van der Waals surface area (Å²) < 4.78 is 0. The second-order valence-electron chi connectivity index (χ2n) is 7.40. The fourth-order valence-corrected chi connectivity index (χ4v) is 4.01. The zero-order valence-electron chi connectivity index (χ0n) is 16.4. The van der Waals surface area contributed by atoms with Crippen LogP contribution in [0.4, 0.5) is 0 Å². The molecular formula is C23H27N3O2. The first-order chi connectivity index (χ1) is 13.6. The highest BCUT2D eigenvalue weighted by atomic mass is 16.2. The minimum atomic E-state index is -0.648. The Kier molecular flexibility index (Phi) is 6.24. The predicted molar refractivity (Wildman–Crippen MR) is 111 cm³/mol. The van der Waals surface area contributed by atoms with Gasteiger partial charge in [0.2, 0.25) is 11.8 Å². The molecule has 1 aromatic carbocycles. The van der Waals surface area contributed by atoms with Crippen LogP contribution in [-0.4, -0.2) is 41.3 Å². The largest absolute Gasteiger partial charge is 0.352 e. The number of rotatable bonds is 6. The van der Waals surface area contributed by atoms with Crippen molar-refractivity contribution in [3.05, 3.63) is 67.0 Å². The first-order valence-corrected chi connectivity index (χ1v) is 9.69. The van der Waals surface area contributed by atoms with Gasteiger partial charge in [-0.3, -0.25) is 14.6 Å². The smallest absolute Gasteiger partial charge is 0.228 e. The molecule has 5 heteroatoms. The Morgan fingerprint density at radius 1 is 1.29 bits per heavy atom. The number of likely N-dealkylation sites (tertiary alicyclic amines) is 1. The molecule has 1 aromatic heterocycles. The quantitative estimate of drug-likeness (QED) is 0.786. The van der Waals surface area contributed by atoms with Crippen LogP contribution in [0.5, 0.6) is 0 Å². The molecular weight excluding hydrogens is 350 g/mol. The van der Waals surface area contributed by atoms with E-state index in [9.17, 15) is 9.59 Å². The molecule has 1 atom stereocenters. The number of amides is 2. The lowest BCUT2D eigenvalue weighted by Crippen LogP contribution is -2.54. The number of benzene rings is 1. The van der Waals surface area contributed by atoms with Crippen molar-refractivity contribution in [1.82, 2.24) is 15.2 Å². The SMILES string of the molecule is C=CCNC(=O)C1(Cc2ccccc2-c2cccnc2)CCCN(C(C)=O)C1. The normalized spacial score (nSPS) is 19.1. The number of nitrogens with one attached hydrogen (secondary N) is 1. The van der Waals surface area contributed by atoms with Crippen molar-refractivity contribution in [1.29, 1.82) is 0 Å². The van der Waals surface area contributed by atoms with E-state index in [1.807, 2.05) is 30.5 Å². The number of hydrogen-bond donors (Lipinski definition) is 1. The summed E-state index contributed by atoms with van der Waals surface area (Å²) in [5.41, 5.74) is 2.55. The molecule has 2 aromatic rings. The van der Waals surface area contributed by atoms with Gasteiger partial charge in [0, 0.05) is 44.5 Å². The number of hydrogen-bond acceptors (Lipinski definition) is 3. The Morgan fingerprint density at radius 2 is 2.11 bits per heavy atom. The van der Waals surface area contributed by atoms with Crippen LogP contribution in [0.3, 0.4) is 0 Å². The standard InChI is InChI=1S/C23H27N3O2/c1-3-12-25-22(28)23(11-7-14-26(17-23)18(2)27)15-19-8-4-5-10-21(19)20-9-6-13-24-16-20/h3-6,8-10,13,16H,1,7,11-12,14-15,17H2,2H3,(H,25,28). The molecule has 1 saturated heterocycles. The molecule has 146 valence electrons. The van der Waals surface area contributed by atoms with Crippen LogP contribution in [0, 0.1) is 5.41 Å². The average Bonchev–Trinajstić information content (AvgIpc) is 2.73. The van der Waals surface area contributed by atoms with Crippen LogP contribution in [0.25, 0.3) is 11.1 Å². The first-order valence-electron chi connectivity index (χ1n) is 9.69. The second kappa shape index (κ2) is 8.83. The molecule has 1 N–H and O–H groups in total. The van der Waals surface area contributed by atoms with Gasteiger partial charge in [-0.15, -0.1) is 6.58 Å². The maximum absolute atomic E-state index is 13.2. The van der Waals surface area contributed by atoms with Gasteiger partial charge in [-0.1, -0.05) is 36.4 Å². The van der Waals surface area contributed by atoms with Crippen LogP contribution in [0.1, 0.15) is 25.3 Å². The molecule has 1 aliphatic rings. The Labute approximate surface area is 166 Å². The molecule has 1 aliphatic heterocycles. The zero-order valence-corrected chi connectivity index (χ0v) is 16.4. The summed E-state index contributed by atoms with van der Waals surface area (Å²) in [6, 6.07) is 12.1. The van der Waals surface area contributed by atoms with E-state index in [1.54, 1.807) is 24.1 Å². The van der Waals surface area contributed by atoms with Crippen molar-refractivity contribution in [3.63, 3.8) is 0 Å². The van der Waals surface area contributed by atoms with Gasteiger partial charge < -0.3 is 10.2 Å². The van der Waals surface area contributed by atoms with Gasteiger partial charge in [0.05, 0.1) is 5.41 Å². The van der Waals surface area contributed by atoms with E-state index in [0.717, 1.165) is 29.5 Å². The number of nitrogens with zero attached hydrogens (tertiary/aromatic N) is 2. The third kappa shape index (κ3) is 4.30. The monoisotopic (exact) mass is 377 g/mol. The van der Waals surface area contributed by atoms with Crippen molar-refractivity contribution >= 4 is 11.8 Å². The number of carbonyl (C=O) groups is 2. The summed E-state index contributed by atoms with van der Waals surface area (Å²) >= 11 is 0. The second-order valence-corrected chi connectivity index (χ2v) is 7.40. The molecule has 28 heavy (non-hydrogen) atoms. The van der Waals surface area contributed by atoms with E-state index in [1.165, 1.54) is 0 Å². The van der Waals surface area contributed by atoms with Gasteiger partial charge in [-0.25, -0.2) is 0 Å². The number of carbonyl (C=O) groups excluding carboxylic acids is 2. The Bertz CT molecular complexity index is 850. The lowest BCUT2D eigenvalue weighted by Gasteiger charge is -2.41. The molecule has 0 saturated carbocycles. The van der Waals surface area contributed by atoms with Crippen molar-refractivity contribution < 1.29 is 9.59 Å².